The Morgan fingerprint density at radius 2 is 2.10 bits per heavy atom. The fourth-order valence-electron chi connectivity index (χ4n) is 1.42. The number of aliphatic hydroxyl groups is 1. The molecule has 0 saturated heterocycles. The summed E-state index contributed by atoms with van der Waals surface area (Å²) in [5.41, 5.74) is 5.41. The van der Waals surface area contributed by atoms with Gasteiger partial charge in [-0.25, -0.2) is 17.9 Å². The molecule has 0 heterocycles. The van der Waals surface area contributed by atoms with Crippen LogP contribution in [0.25, 0.3) is 0 Å². The molecular weight excluding hydrogens is 294 g/mol. The van der Waals surface area contributed by atoms with Crippen molar-refractivity contribution < 1.29 is 18.3 Å². The number of nitrogens with one attached hydrogen (secondary N) is 2. The molecule has 1 aromatic carbocycles. The fourth-order valence-corrected chi connectivity index (χ4v) is 2.49. The first-order chi connectivity index (χ1) is 9.95. The highest BCUT2D eigenvalue weighted by molar-refractivity contribution is 7.89. The van der Waals surface area contributed by atoms with Gasteiger partial charge in [0.2, 0.25) is 10.0 Å². The average Bonchev–Trinajstić information content (AvgIpc) is 2.44. The van der Waals surface area contributed by atoms with Crippen LogP contribution in [0.15, 0.2) is 29.2 Å². The Bertz CT molecular complexity index is 647. The van der Waals surface area contributed by atoms with Crippen molar-refractivity contribution in [2.45, 2.75) is 11.3 Å². The van der Waals surface area contributed by atoms with Crippen LogP contribution in [0.2, 0.25) is 0 Å². The van der Waals surface area contributed by atoms with E-state index in [2.05, 4.69) is 21.9 Å². The molecule has 2 amide bonds. The molecular formula is C13H17N3O4S. The van der Waals surface area contributed by atoms with E-state index in [0.717, 1.165) is 0 Å². The molecule has 1 aromatic rings. The van der Waals surface area contributed by atoms with Gasteiger partial charge >= 0.3 is 6.03 Å². The molecule has 0 aliphatic rings. The SMILES string of the molecule is NC(=O)NCCNS(=O)(=O)c1cccc(C#CCCO)c1. The van der Waals surface area contributed by atoms with Gasteiger partial charge in [-0.15, -0.1) is 0 Å². The van der Waals surface area contributed by atoms with E-state index in [-0.39, 0.29) is 24.6 Å². The van der Waals surface area contributed by atoms with E-state index in [1.165, 1.54) is 12.1 Å². The maximum atomic E-state index is 12.0. The van der Waals surface area contributed by atoms with E-state index < -0.39 is 16.1 Å². The molecule has 0 spiro atoms. The number of carbonyl (C=O) groups is 1. The van der Waals surface area contributed by atoms with Crippen molar-refractivity contribution in [1.29, 1.82) is 0 Å². The van der Waals surface area contributed by atoms with E-state index in [1.807, 2.05) is 0 Å². The van der Waals surface area contributed by atoms with Crippen LogP contribution < -0.4 is 15.8 Å². The Hall–Kier alpha value is -2.08. The second kappa shape index (κ2) is 8.26. The Morgan fingerprint density at radius 1 is 1.33 bits per heavy atom. The minimum atomic E-state index is -3.67. The lowest BCUT2D eigenvalue weighted by atomic mass is 10.2. The smallest absolute Gasteiger partial charge is 0.312 e. The lowest BCUT2D eigenvalue weighted by Crippen LogP contribution is -2.37. The number of hydrogen-bond donors (Lipinski definition) is 4. The third kappa shape index (κ3) is 6.27. The molecule has 0 aromatic heterocycles. The normalized spacial score (nSPS) is 10.5. The van der Waals surface area contributed by atoms with Gasteiger partial charge in [0.15, 0.2) is 0 Å². The molecule has 5 N–H and O–H groups in total. The first kappa shape index (κ1) is 17.0. The Balaban J connectivity index is 2.73. The van der Waals surface area contributed by atoms with Crippen molar-refractivity contribution in [1.82, 2.24) is 10.0 Å². The average molecular weight is 311 g/mol. The van der Waals surface area contributed by atoms with Crippen LogP contribution in [0.3, 0.4) is 0 Å². The molecule has 114 valence electrons. The van der Waals surface area contributed by atoms with Gasteiger partial charge in [-0.1, -0.05) is 17.9 Å². The molecule has 0 aliphatic heterocycles. The highest BCUT2D eigenvalue weighted by Gasteiger charge is 2.13. The highest BCUT2D eigenvalue weighted by atomic mass is 32.2. The fraction of sp³-hybridized carbons (Fsp3) is 0.308. The summed E-state index contributed by atoms with van der Waals surface area (Å²) in [6.07, 6.45) is 0.327. The second-order valence-electron chi connectivity index (χ2n) is 3.99. The minimum Gasteiger partial charge on any atom is -0.395 e. The van der Waals surface area contributed by atoms with Gasteiger partial charge in [-0.2, -0.15) is 0 Å². The molecule has 21 heavy (non-hydrogen) atoms. The number of nitrogens with two attached hydrogens (primary N) is 1. The number of carbonyl (C=O) groups excluding carboxylic acids is 1. The number of benzene rings is 1. The van der Waals surface area contributed by atoms with Crippen molar-refractivity contribution in [2.75, 3.05) is 19.7 Å². The quantitative estimate of drug-likeness (QED) is 0.412. The monoisotopic (exact) mass is 311 g/mol. The van der Waals surface area contributed by atoms with Gasteiger partial charge in [0.1, 0.15) is 0 Å². The summed E-state index contributed by atoms with van der Waals surface area (Å²) in [5.74, 6) is 5.48. The van der Waals surface area contributed by atoms with Crippen LogP contribution in [0.1, 0.15) is 12.0 Å². The zero-order chi connectivity index (χ0) is 15.7. The number of amides is 2. The largest absolute Gasteiger partial charge is 0.395 e. The maximum Gasteiger partial charge on any atom is 0.312 e. The van der Waals surface area contributed by atoms with Gasteiger partial charge in [0.25, 0.3) is 0 Å². The van der Waals surface area contributed by atoms with E-state index >= 15 is 0 Å². The molecule has 0 unspecified atom stereocenters. The zero-order valence-corrected chi connectivity index (χ0v) is 12.1. The number of primary amides is 1. The van der Waals surface area contributed by atoms with E-state index in [1.54, 1.807) is 12.1 Å². The Kier molecular flexibility index (Phi) is 6.68. The number of aliphatic hydroxyl groups excluding tert-OH is 1. The maximum absolute atomic E-state index is 12.0. The second-order valence-corrected chi connectivity index (χ2v) is 5.76. The standard InChI is InChI=1S/C13H17N3O4S/c14-13(18)15-7-8-16-21(19,20)12-6-3-5-11(10-12)4-1-2-9-17/h3,5-6,10,16-17H,2,7-9H2,(H3,14,15,18). The molecule has 0 fully saturated rings. The summed E-state index contributed by atoms with van der Waals surface area (Å²) in [6.45, 7) is 0.0929. The highest BCUT2D eigenvalue weighted by Crippen LogP contribution is 2.10. The van der Waals surface area contributed by atoms with Crippen molar-refractivity contribution in [3.05, 3.63) is 29.8 Å². The van der Waals surface area contributed by atoms with E-state index in [4.69, 9.17) is 10.8 Å². The first-order valence-electron chi connectivity index (χ1n) is 6.18. The molecule has 0 bridgehead atoms. The van der Waals surface area contributed by atoms with Crippen LogP contribution in [0, 0.1) is 11.8 Å². The first-order valence-corrected chi connectivity index (χ1v) is 7.67. The van der Waals surface area contributed by atoms with E-state index in [9.17, 15) is 13.2 Å². The summed E-state index contributed by atoms with van der Waals surface area (Å²) in [5, 5.41) is 10.9. The predicted octanol–water partition coefficient (Wildman–Crippen LogP) is -0.633. The van der Waals surface area contributed by atoms with Gasteiger partial charge < -0.3 is 16.2 Å². The van der Waals surface area contributed by atoms with Gasteiger partial charge in [-0.3, -0.25) is 0 Å². The number of sulfonamides is 1. The van der Waals surface area contributed by atoms with Crippen LogP contribution in [0.5, 0.6) is 0 Å². The summed E-state index contributed by atoms with van der Waals surface area (Å²) < 4.78 is 26.4. The van der Waals surface area contributed by atoms with Crippen molar-refractivity contribution >= 4 is 16.1 Å². The molecule has 1 rings (SSSR count). The summed E-state index contributed by atoms with van der Waals surface area (Å²) in [7, 11) is -3.67. The molecule has 0 saturated carbocycles. The number of rotatable bonds is 6. The van der Waals surface area contributed by atoms with Gasteiger partial charge in [0.05, 0.1) is 11.5 Å². The number of hydrogen-bond acceptors (Lipinski definition) is 4. The third-order valence-electron chi connectivity index (χ3n) is 2.33. The Labute approximate surface area is 123 Å². The predicted molar refractivity (Wildman–Crippen MR) is 77.8 cm³/mol. The van der Waals surface area contributed by atoms with Crippen LogP contribution >= 0.6 is 0 Å². The Morgan fingerprint density at radius 3 is 2.76 bits per heavy atom. The topological polar surface area (TPSA) is 122 Å². The lowest BCUT2D eigenvalue weighted by Gasteiger charge is -2.07. The van der Waals surface area contributed by atoms with Crippen molar-refractivity contribution in [3.8, 4) is 11.8 Å². The summed E-state index contributed by atoms with van der Waals surface area (Å²) in [6, 6.07) is 5.43. The lowest BCUT2D eigenvalue weighted by molar-refractivity contribution is 0.249. The van der Waals surface area contributed by atoms with E-state index in [0.29, 0.717) is 12.0 Å². The van der Waals surface area contributed by atoms with Gasteiger partial charge in [-0.05, 0) is 18.2 Å². The number of urea groups is 1. The van der Waals surface area contributed by atoms with Gasteiger partial charge in [0, 0.05) is 25.1 Å². The summed E-state index contributed by atoms with van der Waals surface area (Å²) in [4.78, 5) is 10.5. The third-order valence-corrected chi connectivity index (χ3v) is 3.79. The van der Waals surface area contributed by atoms with Crippen molar-refractivity contribution in [2.24, 2.45) is 5.73 Å². The molecule has 8 heteroatoms. The molecule has 0 atom stereocenters. The summed E-state index contributed by atoms with van der Waals surface area (Å²) >= 11 is 0. The minimum absolute atomic E-state index is 0.0334. The van der Waals surface area contributed by atoms with Crippen LogP contribution in [0.4, 0.5) is 4.79 Å². The molecule has 7 nitrogen and oxygen atoms in total. The van der Waals surface area contributed by atoms with Crippen LogP contribution in [-0.4, -0.2) is 39.3 Å². The molecule has 0 aliphatic carbocycles. The van der Waals surface area contributed by atoms with Crippen molar-refractivity contribution in [3.63, 3.8) is 0 Å². The zero-order valence-electron chi connectivity index (χ0n) is 11.3. The van der Waals surface area contributed by atoms with Crippen LogP contribution in [-0.2, 0) is 10.0 Å². The molecule has 0 radical (unpaired) electrons.